The number of rotatable bonds is 14. The third-order valence-electron chi connectivity index (χ3n) is 5.63. The summed E-state index contributed by atoms with van der Waals surface area (Å²) >= 11 is 0. The van der Waals surface area contributed by atoms with Crippen molar-refractivity contribution in [3.05, 3.63) is 58.0 Å². The molecule has 1 aromatic rings. The first-order valence-electron chi connectivity index (χ1n) is 13.0. The quantitative estimate of drug-likeness (QED) is 0.0728. The highest BCUT2D eigenvalue weighted by Gasteiger charge is 2.28. The molecule has 1 N–H and O–H groups in total. The van der Waals surface area contributed by atoms with Crippen LogP contribution in [0.5, 0.6) is 0 Å². The van der Waals surface area contributed by atoms with E-state index >= 15 is 0 Å². The molecule has 0 aliphatic carbocycles. The van der Waals surface area contributed by atoms with E-state index in [0.717, 1.165) is 0 Å². The number of carbonyl (C=O) groups excluding carboxylic acids is 1. The number of hydrogen-bond acceptors (Lipinski definition) is 4. The number of hydrogen-bond donors (Lipinski definition) is 1. The van der Waals surface area contributed by atoms with Gasteiger partial charge in [-0.2, -0.15) is 0 Å². The standard InChI is InChI=1S/C10H21N3.C10H20.C8H6O3/c1-3-4-5-6-7-8-10(2)9-12-13-11;1-4-5-6-7-8-9-10(2)3;9-7-5-3-1-2-4-6(5)8(10)11-7/h10H,3-9H2,1-2H3;2,4-9H2,1,3H3;1-4,7,9H. The van der Waals surface area contributed by atoms with Crippen LogP contribution >= 0.6 is 0 Å². The third kappa shape index (κ3) is 16.3. The zero-order chi connectivity index (χ0) is 25.6. The van der Waals surface area contributed by atoms with Crippen LogP contribution in [0.2, 0.25) is 0 Å². The summed E-state index contributed by atoms with van der Waals surface area (Å²) in [5, 5.41) is 12.7. The van der Waals surface area contributed by atoms with E-state index in [1.165, 1.54) is 82.6 Å². The Kier molecular flexibility index (Phi) is 19.8. The monoisotopic (exact) mass is 473 g/mol. The lowest BCUT2D eigenvalue weighted by atomic mass is 10.0. The summed E-state index contributed by atoms with van der Waals surface area (Å²) in [6, 6.07) is 6.79. The van der Waals surface area contributed by atoms with E-state index in [-0.39, 0.29) is 0 Å². The molecular formula is C28H47N3O3. The van der Waals surface area contributed by atoms with Crippen molar-refractivity contribution in [1.82, 2.24) is 0 Å². The number of allylic oxidation sites excluding steroid dienone is 1. The summed E-state index contributed by atoms with van der Waals surface area (Å²) in [6.45, 7) is 13.3. The van der Waals surface area contributed by atoms with Crippen LogP contribution in [-0.2, 0) is 4.74 Å². The molecule has 2 unspecified atom stereocenters. The number of fused-ring (bicyclic) bond motifs is 1. The lowest BCUT2D eigenvalue weighted by Gasteiger charge is -2.06. The molecule has 0 amide bonds. The lowest BCUT2D eigenvalue weighted by Crippen LogP contribution is -1.98. The van der Waals surface area contributed by atoms with Gasteiger partial charge < -0.3 is 9.84 Å². The predicted molar refractivity (Wildman–Crippen MR) is 142 cm³/mol. The third-order valence-corrected chi connectivity index (χ3v) is 5.63. The van der Waals surface area contributed by atoms with E-state index in [2.05, 4.69) is 49.0 Å². The molecule has 1 aliphatic rings. The summed E-state index contributed by atoms with van der Waals surface area (Å²) in [5.41, 5.74) is 10.5. The lowest BCUT2D eigenvalue weighted by molar-refractivity contribution is -0.0547. The summed E-state index contributed by atoms with van der Waals surface area (Å²) in [7, 11) is 0. The number of aliphatic hydroxyl groups excluding tert-OH is 1. The first kappa shape index (κ1) is 31.7. The minimum Gasteiger partial charge on any atom is -0.428 e. The van der Waals surface area contributed by atoms with Gasteiger partial charge in [-0.1, -0.05) is 114 Å². The number of azide groups is 1. The zero-order valence-corrected chi connectivity index (χ0v) is 22.0. The fourth-order valence-corrected chi connectivity index (χ4v) is 3.52. The molecule has 34 heavy (non-hydrogen) atoms. The number of nitrogens with zero attached hydrogens (tertiary/aromatic N) is 3. The number of ether oxygens (including phenoxy) is 1. The van der Waals surface area contributed by atoms with Gasteiger partial charge in [0.05, 0.1) is 5.56 Å². The summed E-state index contributed by atoms with van der Waals surface area (Å²) in [5.74, 6) is 0.102. The topological polar surface area (TPSA) is 95.3 Å². The van der Waals surface area contributed by atoms with Gasteiger partial charge in [0, 0.05) is 17.0 Å². The highest BCUT2D eigenvalue weighted by Crippen LogP contribution is 2.27. The average molecular weight is 474 g/mol. The van der Waals surface area contributed by atoms with E-state index in [0.29, 0.717) is 23.6 Å². The van der Waals surface area contributed by atoms with Crippen molar-refractivity contribution >= 4 is 5.97 Å². The molecule has 6 nitrogen and oxygen atoms in total. The summed E-state index contributed by atoms with van der Waals surface area (Å²) < 4.78 is 4.55. The molecule has 0 bridgehead atoms. The Morgan fingerprint density at radius 1 is 1.09 bits per heavy atom. The van der Waals surface area contributed by atoms with Crippen molar-refractivity contribution in [2.24, 2.45) is 11.0 Å². The van der Waals surface area contributed by atoms with E-state index in [4.69, 9.17) is 10.6 Å². The van der Waals surface area contributed by atoms with Crippen LogP contribution in [-0.4, -0.2) is 17.6 Å². The van der Waals surface area contributed by atoms with Crippen LogP contribution in [0.4, 0.5) is 0 Å². The minimum atomic E-state index is -1.07. The Hall–Kier alpha value is -2.30. The molecular weight excluding hydrogens is 426 g/mol. The largest absolute Gasteiger partial charge is 0.428 e. The smallest absolute Gasteiger partial charge is 0.341 e. The van der Waals surface area contributed by atoms with E-state index in [9.17, 15) is 4.79 Å². The molecule has 6 heteroatoms. The first-order valence-corrected chi connectivity index (χ1v) is 13.0. The number of carbonyl (C=O) groups is 1. The van der Waals surface area contributed by atoms with Crippen molar-refractivity contribution in [3.8, 4) is 0 Å². The Morgan fingerprint density at radius 2 is 1.68 bits per heavy atom. The number of benzene rings is 1. The van der Waals surface area contributed by atoms with Gasteiger partial charge in [-0.05, 0) is 37.3 Å². The van der Waals surface area contributed by atoms with Gasteiger partial charge in [0.25, 0.3) is 0 Å². The Balaban J connectivity index is 0.000000484. The van der Waals surface area contributed by atoms with Gasteiger partial charge in [0.15, 0.2) is 0 Å². The zero-order valence-electron chi connectivity index (χ0n) is 22.0. The van der Waals surface area contributed by atoms with Gasteiger partial charge >= 0.3 is 5.97 Å². The molecule has 192 valence electrons. The van der Waals surface area contributed by atoms with Gasteiger partial charge in [-0.25, -0.2) is 4.79 Å². The number of cyclic esters (lactones) is 1. The van der Waals surface area contributed by atoms with Crippen molar-refractivity contribution in [2.75, 3.05) is 6.54 Å². The maximum atomic E-state index is 10.9. The van der Waals surface area contributed by atoms with Crippen molar-refractivity contribution in [1.29, 1.82) is 0 Å². The molecule has 1 aromatic carbocycles. The van der Waals surface area contributed by atoms with Crippen LogP contribution in [0, 0.1) is 5.92 Å². The molecule has 0 radical (unpaired) electrons. The second kappa shape index (κ2) is 21.2. The molecule has 0 spiro atoms. The van der Waals surface area contributed by atoms with E-state index in [1.54, 1.807) is 24.3 Å². The Bertz CT molecular complexity index is 729. The normalized spacial score (nSPS) is 14.4. The molecule has 2 atom stereocenters. The molecule has 0 saturated carbocycles. The Labute approximate surface area is 207 Å². The van der Waals surface area contributed by atoms with Crippen molar-refractivity contribution in [3.63, 3.8) is 0 Å². The predicted octanol–water partition coefficient (Wildman–Crippen LogP) is 9.06. The van der Waals surface area contributed by atoms with Gasteiger partial charge in [0.1, 0.15) is 0 Å². The fourth-order valence-electron chi connectivity index (χ4n) is 3.52. The summed E-state index contributed by atoms with van der Waals surface area (Å²) in [6.07, 6.45) is 14.8. The van der Waals surface area contributed by atoms with E-state index < -0.39 is 12.3 Å². The molecule has 0 fully saturated rings. The van der Waals surface area contributed by atoms with E-state index in [1.807, 2.05) is 0 Å². The minimum absolute atomic E-state index is 0.451. The SMILES string of the molecule is C=C(C)CCCCCCC.CCCCCCCC(C)CN=[N+]=[N-].O=C1OC(O)c2ccccc21. The summed E-state index contributed by atoms with van der Waals surface area (Å²) in [4.78, 5) is 13.7. The second-order valence-electron chi connectivity index (χ2n) is 9.19. The highest BCUT2D eigenvalue weighted by atomic mass is 16.6. The number of unbranched alkanes of at least 4 members (excludes halogenated alkanes) is 8. The highest BCUT2D eigenvalue weighted by molar-refractivity contribution is 5.93. The van der Waals surface area contributed by atoms with Crippen LogP contribution in [0.1, 0.15) is 127 Å². The number of aliphatic hydroxyl groups is 1. The maximum Gasteiger partial charge on any atom is 0.341 e. The fraction of sp³-hybridized carbons (Fsp3) is 0.679. The number of esters is 1. The van der Waals surface area contributed by atoms with Crippen LogP contribution in [0.25, 0.3) is 10.4 Å². The molecule has 2 rings (SSSR count). The maximum absolute atomic E-state index is 10.9. The average Bonchev–Trinajstić information content (AvgIpc) is 3.12. The van der Waals surface area contributed by atoms with Crippen LogP contribution in [0.15, 0.2) is 41.5 Å². The van der Waals surface area contributed by atoms with Gasteiger partial charge in [-0.15, -0.1) is 6.58 Å². The molecule has 1 heterocycles. The molecule has 0 saturated heterocycles. The first-order chi connectivity index (χ1) is 16.4. The van der Waals surface area contributed by atoms with Crippen LogP contribution < -0.4 is 0 Å². The molecule has 1 aliphatic heterocycles. The Morgan fingerprint density at radius 3 is 2.24 bits per heavy atom. The van der Waals surface area contributed by atoms with Crippen LogP contribution in [0.3, 0.4) is 0 Å². The van der Waals surface area contributed by atoms with Gasteiger partial charge in [-0.3, -0.25) is 0 Å². The molecule has 0 aromatic heterocycles. The van der Waals surface area contributed by atoms with Crippen molar-refractivity contribution in [2.45, 2.75) is 111 Å². The van der Waals surface area contributed by atoms with Crippen molar-refractivity contribution < 1.29 is 14.6 Å². The van der Waals surface area contributed by atoms with Gasteiger partial charge in [0.2, 0.25) is 6.29 Å². The second-order valence-corrected chi connectivity index (χ2v) is 9.19.